The molecule has 0 fully saturated rings. The molecule has 0 radical (unpaired) electrons. The van der Waals surface area contributed by atoms with Gasteiger partial charge in [-0.2, -0.15) is 0 Å². The summed E-state index contributed by atoms with van der Waals surface area (Å²) in [6.45, 7) is 3.44. The minimum absolute atomic E-state index is 0.258. The predicted octanol–water partition coefficient (Wildman–Crippen LogP) is 3.31. The van der Waals surface area contributed by atoms with Gasteiger partial charge in [0.25, 0.3) is 5.91 Å². The van der Waals surface area contributed by atoms with Gasteiger partial charge in [0.05, 0.1) is 12.7 Å². The van der Waals surface area contributed by atoms with Crippen LogP contribution in [0.5, 0.6) is 0 Å². The third-order valence-electron chi connectivity index (χ3n) is 3.67. The summed E-state index contributed by atoms with van der Waals surface area (Å²) >= 11 is 0. The van der Waals surface area contributed by atoms with Gasteiger partial charge in [-0.25, -0.2) is 4.79 Å². The highest BCUT2D eigenvalue weighted by Gasteiger charge is 2.09. The van der Waals surface area contributed by atoms with Gasteiger partial charge in [0, 0.05) is 23.0 Å². The minimum Gasteiger partial charge on any atom is -0.465 e. The first-order chi connectivity index (χ1) is 12.4. The standard InChI is InChI=1S/C20H20N2O4/c1-13-6-4-5-7-17(13)22-18(23)12-14(2)19(24)21-16-10-8-15(9-11-16)20(25)26-3/h4-12H,1-3H3,(H,21,24)(H,22,23)/b14-12+. The highest BCUT2D eigenvalue weighted by atomic mass is 16.5. The van der Waals surface area contributed by atoms with E-state index in [1.165, 1.54) is 13.2 Å². The molecule has 0 spiro atoms. The van der Waals surface area contributed by atoms with E-state index >= 15 is 0 Å². The summed E-state index contributed by atoms with van der Waals surface area (Å²) in [5.41, 5.74) is 2.78. The van der Waals surface area contributed by atoms with Crippen LogP contribution < -0.4 is 10.6 Å². The van der Waals surface area contributed by atoms with Gasteiger partial charge in [0.1, 0.15) is 0 Å². The molecule has 0 aliphatic carbocycles. The first kappa shape index (κ1) is 18.9. The normalized spacial score (nSPS) is 10.8. The molecule has 0 heterocycles. The number of amides is 2. The Bertz CT molecular complexity index is 854. The fourth-order valence-corrected chi connectivity index (χ4v) is 2.18. The van der Waals surface area contributed by atoms with E-state index in [1.54, 1.807) is 37.3 Å². The third-order valence-corrected chi connectivity index (χ3v) is 3.67. The SMILES string of the molecule is COC(=O)c1ccc(NC(=O)/C(C)=C/C(=O)Nc2ccccc2C)cc1. The van der Waals surface area contributed by atoms with Crippen LogP contribution in [0.25, 0.3) is 0 Å². The van der Waals surface area contributed by atoms with E-state index in [4.69, 9.17) is 0 Å². The van der Waals surface area contributed by atoms with Crippen molar-refractivity contribution in [2.45, 2.75) is 13.8 Å². The van der Waals surface area contributed by atoms with E-state index in [2.05, 4.69) is 15.4 Å². The number of aryl methyl sites for hydroxylation is 1. The summed E-state index contributed by atoms with van der Waals surface area (Å²) in [6.07, 6.45) is 1.24. The molecule has 0 unspecified atom stereocenters. The highest BCUT2D eigenvalue weighted by Crippen LogP contribution is 2.14. The van der Waals surface area contributed by atoms with E-state index in [-0.39, 0.29) is 11.5 Å². The van der Waals surface area contributed by atoms with Gasteiger partial charge in [0.2, 0.25) is 5.91 Å². The van der Waals surface area contributed by atoms with Crippen molar-refractivity contribution in [2.24, 2.45) is 0 Å². The molecule has 2 rings (SSSR count). The number of ether oxygens (including phenoxy) is 1. The van der Waals surface area contributed by atoms with Crippen molar-refractivity contribution in [3.63, 3.8) is 0 Å². The summed E-state index contributed by atoms with van der Waals surface area (Å²) in [5.74, 6) is -1.24. The maximum atomic E-state index is 12.2. The van der Waals surface area contributed by atoms with E-state index in [9.17, 15) is 14.4 Å². The Balaban J connectivity index is 2.00. The second-order valence-corrected chi connectivity index (χ2v) is 5.65. The average Bonchev–Trinajstić information content (AvgIpc) is 2.63. The first-order valence-electron chi connectivity index (χ1n) is 7.95. The lowest BCUT2D eigenvalue weighted by molar-refractivity contribution is -0.114. The largest absolute Gasteiger partial charge is 0.465 e. The zero-order chi connectivity index (χ0) is 19.1. The van der Waals surface area contributed by atoms with Crippen LogP contribution >= 0.6 is 0 Å². The molecule has 0 bridgehead atoms. The Morgan fingerprint density at radius 1 is 0.962 bits per heavy atom. The Hall–Kier alpha value is -3.41. The number of carbonyl (C=O) groups is 3. The van der Waals surface area contributed by atoms with Crippen LogP contribution in [-0.2, 0) is 14.3 Å². The average molecular weight is 352 g/mol. The van der Waals surface area contributed by atoms with Crippen LogP contribution in [0.2, 0.25) is 0 Å². The first-order valence-corrected chi connectivity index (χ1v) is 7.95. The van der Waals surface area contributed by atoms with Crippen molar-refractivity contribution in [2.75, 3.05) is 17.7 Å². The van der Waals surface area contributed by atoms with Gasteiger partial charge in [0.15, 0.2) is 0 Å². The fraction of sp³-hybridized carbons (Fsp3) is 0.150. The minimum atomic E-state index is -0.452. The van der Waals surface area contributed by atoms with Crippen LogP contribution in [0.1, 0.15) is 22.8 Å². The number of methoxy groups -OCH3 is 1. The lowest BCUT2D eigenvalue weighted by Gasteiger charge is -2.08. The molecule has 0 saturated heterocycles. The van der Waals surface area contributed by atoms with Crippen LogP contribution in [0.15, 0.2) is 60.2 Å². The molecule has 26 heavy (non-hydrogen) atoms. The third kappa shape index (κ3) is 5.04. The molecule has 0 atom stereocenters. The Morgan fingerprint density at radius 2 is 1.62 bits per heavy atom. The maximum Gasteiger partial charge on any atom is 0.337 e. The summed E-state index contributed by atoms with van der Waals surface area (Å²) < 4.78 is 4.62. The molecule has 6 heteroatoms. The lowest BCUT2D eigenvalue weighted by atomic mass is 10.2. The molecular weight excluding hydrogens is 332 g/mol. The van der Waals surface area contributed by atoms with Gasteiger partial charge >= 0.3 is 5.97 Å². The zero-order valence-corrected chi connectivity index (χ0v) is 14.8. The van der Waals surface area contributed by atoms with Crippen molar-refractivity contribution < 1.29 is 19.1 Å². The summed E-state index contributed by atoms with van der Waals surface area (Å²) in [4.78, 5) is 35.6. The van der Waals surface area contributed by atoms with E-state index in [0.717, 1.165) is 5.56 Å². The smallest absolute Gasteiger partial charge is 0.337 e. The van der Waals surface area contributed by atoms with Gasteiger partial charge in [-0.1, -0.05) is 18.2 Å². The predicted molar refractivity (Wildman–Crippen MR) is 100.0 cm³/mol. The molecule has 6 nitrogen and oxygen atoms in total. The van der Waals surface area contributed by atoms with Gasteiger partial charge in [-0.3, -0.25) is 9.59 Å². The number of hydrogen-bond donors (Lipinski definition) is 2. The second-order valence-electron chi connectivity index (χ2n) is 5.65. The molecule has 2 aromatic carbocycles. The molecule has 0 aliphatic heterocycles. The molecule has 0 aromatic heterocycles. The molecule has 2 amide bonds. The van der Waals surface area contributed by atoms with Crippen molar-refractivity contribution in [1.82, 2.24) is 0 Å². The van der Waals surface area contributed by atoms with Crippen molar-refractivity contribution in [1.29, 1.82) is 0 Å². The Morgan fingerprint density at radius 3 is 2.23 bits per heavy atom. The Labute approximate surface area is 151 Å². The highest BCUT2D eigenvalue weighted by molar-refractivity contribution is 6.10. The summed E-state index contributed by atoms with van der Waals surface area (Å²) in [7, 11) is 1.30. The summed E-state index contributed by atoms with van der Waals surface area (Å²) in [6, 6.07) is 13.7. The number of para-hydroxylation sites is 1. The number of anilines is 2. The zero-order valence-electron chi connectivity index (χ0n) is 14.8. The molecule has 134 valence electrons. The van der Waals surface area contributed by atoms with E-state index < -0.39 is 11.9 Å². The van der Waals surface area contributed by atoms with Crippen molar-refractivity contribution in [3.8, 4) is 0 Å². The van der Waals surface area contributed by atoms with Crippen LogP contribution in [0, 0.1) is 6.92 Å². The van der Waals surface area contributed by atoms with Crippen molar-refractivity contribution in [3.05, 3.63) is 71.3 Å². The number of carbonyl (C=O) groups excluding carboxylic acids is 3. The van der Waals surface area contributed by atoms with Crippen LogP contribution in [0.3, 0.4) is 0 Å². The fourth-order valence-electron chi connectivity index (χ4n) is 2.18. The molecule has 2 aromatic rings. The monoisotopic (exact) mass is 352 g/mol. The molecule has 0 saturated carbocycles. The topological polar surface area (TPSA) is 84.5 Å². The van der Waals surface area contributed by atoms with Gasteiger partial charge in [-0.05, 0) is 49.7 Å². The molecule has 0 aliphatic rings. The lowest BCUT2D eigenvalue weighted by Crippen LogP contribution is -2.16. The van der Waals surface area contributed by atoms with Gasteiger partial charge in [-0.15, -0.1) is 0 Å². The maximum absolute atomic E-state index is 12.2. The number of benzene rings is 2. The van der Waals surface area contributed by atoms with E-state index in [0.29, 0.717) is 16.9 Å². The number of nitrogens with one attached hydrogen (secondary N) is 2. The molecular formula is C20H20N2O4. The van der Waals surface area contributed by atoms with Crippen LogP contribution in [0.4, 0.5) is 11.4 Å². The van der Waals surface area contributed by atoms with E-state index in [1.807, 2.05) is 25.1 Å². The number of hydrogen-bond acceptors (Lipinski definition) is 4. The number of rotatable bonds is 5. The molecule has 2 N–H and O–H groups in total. The number of esters is 1. The van der Waals surface area contributed by atoms with Gasteiger partial charge < -0.3 is 15.4 Å². The Kier molecular flexibility index (Phi) is 6.27. The summed E-state index contributed by atoms with van der Waals surface area (Å²) in [5, 5.41) is 5.41. The van der Waals surface area contributed by atoms with Crippen molar-refractivity contribution >= 4 is 29.2 Å². The second kappa shape index (κ2) is 8.62. The quantitative estimate of drug-likeness (QED) is 0.639. The van der Waals surface area contributed by atoms with Crippen LogP contribution in [-0.4, -0.2) is 24.9 Å².